The third kappa shape index (κ3) is 2.28. The molecule has 0 aliphatic carbocycles. The van der Waals surface area contributed by atoms with Crippen LogP contribution in [0.4, 0.5) is 0 Å². The molecule has 86 valence electrons. The Kier molecular flexibility index (Phi) is 3.31. The van der Waals surface area contributed by atoms with E-state index in [1.807, 2.05) is 24.3 Å². The Morgan fingerprint density at radius 2 is 2.12 bits per heavy atom. The predicted molar refractivity (Wildman–Crippen MR) is 61.7 cm³/mol. The second kappa shape index (κ2) is 4.72. The van der Waals surface area contributed by atoms with Gasteiger partial charge in [-0.15, -0.1) is 0 Å². The maximum atomic E-state index is 8.58. The SMILES string of the molecule is NC(=NO)C1COC(c2ccc(Cl)cc2)C1. The number of halogens is 1. The van der Waals surface area contributed by atoms with E-state index in [1.165, 1.54) is 0 Å². The molecule has 4 nitrogen and oxygen atoms in total. The molecular weight excluding hydrogens is 228 g/mol. The highest BCUT2D eigenvalue weighted by molar-refractivity contribution is 6.30. The number of hydrogen-bond donors (Lipinski definition) is 2. The number of hydrogen-bond acceptors (Lipinski definition) is 3. The van der Waals surface area contributed by atoms with Crippen LogP contribution in [0.5, 0.6) is 0 Å². The summed E-state index contributed by atoms with van der Waals surface area (Å²) in [6.45, 7) is 0.489. The first kappa shape index (κ1) is 11.2. The topological polar surface area (TPSA) is 67.8 Å². The van der Waals surface area contributed by atoms with Crippen LogP contribution in [0.15, 0.2) is 29.4 Å². The monoisotopic (exact) mass is 240 g/mol. The van der Waals surface area contributed by atoms with E-state index in [2.05, 4.69) is 5.16 Å². The number of rotatable bonds is 2. The lowest BCUT2D eigenvalue weighted by Crippen LogP contribution is -2.23. The molecule has 1 fully saturated rings. The molecule has 16 heavy (non-hydrogen) atoms. The summed E-state index contributed by atoms with van der Waals surface area (Å²) in [4.78, 5) is 0. The van der Waals surface area contributed by atoms with Gasteiger partial charge < -0.3 is 15.7 Å². The van der Waals surface area contributed by atoms with Gasteiger partial charge in [0, 0.05) is 10.9 Å². The van der Waals surface area contributed by atoms with Gasteiger partial charge >= 0.3 is 0 Å². The Hall–Kier alpha value is -1.26. The molecule has 0 bridgehead atoms. The molecule has 1 saturated heterocycles. The number of oxime groups is 1. The lowest BCUT2D eigenvalue weighted by Gasteiger charge is -2.09. The van der Waals surface area contributed by atoms with Crippen molar-refractivity contribution in [3.05, 3.63) is 34.9 Å². The molecule has 2 unspecified atom stereocenters. The van der Waals surface area contributed by atoms with Crippen molar-refractivity contribution in [3.63, 3.8) is 0 Å². The van der Waals surface area contributed by atoms with Crippen molar-refractivity contribution in [2.45, 2.75) is 12.5 Å². The summed E-state index contributed by atoms with van der Waals surface area (Å²) >= 11 is 5.81. The molecule has 1 aromatic rings. The summed E-state index contributed by atoms with van der Waals surface area (Å²) in [6, 6.07) is 7.53. The van der Waals surface area contributed by atoms with Gasteiger partial charge in [0.05, 0.1) is 12.7 Å². The Morgan fingerprint density at radius 3 is 2.75 bits per heavy atom. The van der Waals surface area contributed by atoms with Crippen LogP contribution in [0.2, 0.25) is 5.02 Å². The lowest BCUT2D eigenvalue weighted by molar-refractivity contribution is 0.110. The molecule has 5 heteroatoms. The summed E-state index contributed by atoms with van der Waals surface area (Å²) < 4.78 is 5.60. The third-order valence-electron chi connectivity index (χ3n) is 2.77. The molecule has 0 saturated carbocycles. The molecule has 1 aromatic carbocycles. The number of amidine groups is 1. The van der Waals surface area contributed by atoms with Crippen LogP contribution < -0.4 is 5.73 Å². The van der Waals surface area contributed by atoms with Gasteiger partial charge in [0.1, 0.15) is 5.84 Å². The number of nitrogens with two attached hydrogens (primary N) is 1. The lowest BCUT2D eigenvalue weighted by atomic mass is 10.00. The second-order valence-corrected chi connectivity index (χ2v) is 4.27. The highest BCUT2D eigenvalue weighted by Crippen LogP contribution is 2.32. The van der Waals surface area contributed by atoms with Crippen LogP contribution in [0, 0.1) is 5.92 Å². The van der Waals surface area contributed by atoms with Gasteiger partial charge in [-0.2, -0.15) is 0 Å². The molecule has 2 rings (SSSR count). The first-order valence-corrected chi connectivity index (χ1v) is 5.43. The van der Waals surface area contributed by atoms with Crippen LogP contribution in [-0.2, 0) is 4.74 Å². The zero-order valence-corrected chi connectivity index (χ0v) is 9.39. The van der Waals surface area contributed by atoms with Gasteiger partial charge in [-0.1, -0.05) is 28.9 Å². The van der Waals surface area contributed by atoms with Gasteiger partial charge in [-0.3, -0.25) is 0 Å². The Morgan fingerprint density at radius 1 is 1.44 bits per heavy atom. The molecule has 1 aliphatic rings. The summed E-state index contributed by atoms with van der Waals surface area (Å²) in [7, 11) is 0. The van der Waals surface area contributed by atoms with Gasteiger partial charge in [-0.05, 0) is 24.1 Å². The number of nitrogens with zero attached hydrogens (tertiary/aromatic N) is 1. The number of ether oxygens (including phenoxy) is 1. The maximum Gasteiger partial charge on any atom is 0.144 e. The molecule has 0 amide bonds. The van der Waals surface area contributed by atoms with Gasteiger partial charge in [0.15, 0.2) is 0 Å². The fraction of sp³-hybridized carbons (Fsp3) is 0.364. The molecule has 0 radical (unpaired) electrons. The van der Waals surface area contributed by atoms with E-state index in [4.69, 9.17) is 27.3 Å². The van der Waals surface area contributed by atoms with E-state index in [0.717, 1.165) is 12.0 Å². The summed E-state index contributed by atoms with van der Waals surface area (Å²) in [6.07, 6.45) is 0.736. The molecule has 2 atom stereocenters. The normalized spacial score (nSPS) is 25.9. The van der Waals surface area contributed by atoms with Crippen molar-refractivity contribution in [2.75, 3.05) is 6.61 Å². The molecule has 0 spiro atoms. The minimum atomic E-state index is -0.00863. The van der Waals surface area contributed by atoms with Crippen molar-refractivity contribution in [1.29, 1.82) is 0 Å². The zero-order valence-electron chi connectivity index (χ0n) is 8.64. The van der Waals surface area contributed by atoms with E-state index in [0.29, 0.717) is 11.6 Å². The standard InChI is InChI=1S/C11H13ClN2O2/c12-9-3-1-7(2-4-9)10-5-8(6-16-10)11(13)14-15/h1-4,8,10,15H,5-6H2,(H2,13,14). The van der Waals surface area contributed by atoms with Gasteiger partial charge in [0.25, 0.3) is 0 Å². The first-order valence-electron chi connectivity index (χ1n) is 5.05. The average Bonchev–Trinajstić information content (AvgIpc) is 2.78. The van der Waals surface area contributed by atoms with E-state index in [-0.39, 0.29) is 17.9 Å². The predicted octanol–water partition coefficient (Wildman–Crippen LogP) is 2.16. The van der Waals surface area contributed by atoms with Gasteiger partial charge in [-0.25, -0.2) is 0 Å². The fourth-order valence-electron chi connectivity index (χ4n) is 1.82. The zero-order chi connectivity index (χ0) is 11.5. The van der Waals surface area contributed by atoms with Crippen molar-refractivity contribution in [1.82, 2.24) is 0 Å². The van der Waals surface area contributed by atoms with Crippen LogP contribution in [0.1, 0.15) is 18.1 Å². The third-order valence-corrected chi connectivity index (χ3v) is 3.02. The van der Waals surface area contributed by atoms with E-state index < -0.39 is 0 Å². The molecule has 1 heterocycles. The average molecular weight is 241 g/mol. The largest absolute Gasteiger partial charge is 0.409 e. The quantitative estimate of drug-likeness (QED) is 0.360. The van der Waals surface area contributed by atoms with Crippen molar-refractivity contribution in [2.24, 2.45) is 16.8 Å². The molecule has 3 N–H and O–H groups in total. The summed E-state index contributed by atoms with van der Waals surface area (Å²) in [5.74, 6) is 0.224. The fourth-order valence-corrected chi connectivity index (χ4v) is 1.95. The summed E-state index contributed by atoms with van der Waals surface area (Å²) in [5, 5.41) is 12.3. The number of benzene rings is 1. The van der Waals surface area contributed by atoms with E-state index >= 15 is 0 Å². The maximum absolute atomic E-state index is 8.58. The van der Waals surface area contributed by atoms with Crippen LogP contribution >= 0.6 is 11.6 Å². The van der Waals surface area contributed by atoms with Crippen molar-refractivity contribution < 1.29 is 9.94 Å². The van der Waals surface area contributed by atoms with E-state index in [9.17, 15) is 0 Å². The van der Waals surface area contributed by atoms with Crippen molar-refractivity contribution in [3.8, 4) is 0 Å². The summed E-state index contributed by atoms with van der Waals surface area (Å²) in [5.41, 5.74) is 6.61. The molecule has 1 aliphatic heterocycles. The first-order chi connectivity index (χ1) is 7.70. The van der Waals surface area contributed by atoms with Crippen LogP contribution in [-0.4, -0.2) is 17.6 Å². The molecular formula is C11H13ClN2O2. The van der Waals surface area contributed by atoms with E-state index in [1.54, 1.807) is 0 Å². The minimum absolute atomic E-state index is 0.00238. The van der Waals surface area contributed by atoms with Crippen molar-refractivity contribution >= 4 is 17.4 Å². The van der Waals surface area contributed by atoms with Gasteiger partial charge in [0.2, 0.25) is 0 Å². The Bertz CT molecular complexity index is 391. The highest BCUT2D eigenvalue weighted by Gasteiger charge is 2.29. The Balaban J connectivity index is 2.06. The Labute approximate surface area is 98.7 Å². The van der Waals surface area contributed by atoms with Crippen LogP contribution in [0.25, 0.3) is 0 Å². The smallest absolute Gasteiger partial charge is 0.144 e. The highest BCUT2D eigenvalue weighted by atomic mass is 35.5. The van der Waals surface area contributed by atoms with Crippen LogP contribution in [0.3, 0.4) is 0 Å². The molecule has 0 aromatic heterocycles. The minimum Gasteiger partial charge on any atom is -0.409 e. The second-order valence-electron chi connectivity index (χ2n) is 3.83.